The Kier molecular flexibility index (Phi) is 6.87. The van der Waals surface area contributed by atoms with E-state index in [4.69, 9.17) is 10.5 Å². The average Bonchev–Trinajstić information content (AvgIpc) is 2.59. The molecule has 0 bridgehead atoms. The number of hydrogen-bond acceptors (Lipinski definition) is 4. The largest absolute Gasteiger partial charge is 0.465 e. The quantitative estimate of drug-likeness (QED) is 0.739. The van der Waals surface area contributed by atoms with Crippen LogP contribution < -0.4 is 11.1 Å². The fourth-order valence-electron chi connectivity index (χ4n) is 3.04. The van der Waals surface area contributed by atoms with E-state index >= 15 is 0 Å². The Labute approximate surface area is 141 Å². The molecule has 0 saturated heterocycles. The zero-order chi connectivity index (χ0) is 17.4. The second-order valence-electron chi connectivity index (χ2n) is 5.98. The fraction of sp³-hybridized carbons (Fsp3) is 0.529. The smallest absolute Gasteiger partial charge is 0.407 e. The molecule has 1 aliphatic carbocycles. The van der Waals surface area contributed by atoms with Gasteiger partial charge in [0, 0.05) is 25.2 Å². The molecule has 1 aromatic rings. The zero-order valence-electron chi connectivity index (χ0n) is 13.7. The van der Waals surface area contributed by atoms with Crippen molar-refractivity contribution in [1.29, 1.82) is 0 Å². The van der Waals surface area contributed by atoms with Crippen LogP contribution in [0.25, 0.3) is 0 Å². The zero-order valence-corrected chi connectivity index (χ0v) is 13.7. The first kappa shape index (κ1) is 18.1. The minimum atomic E-state index is -0.931. The molecule has 2 rings (SSSR count). The third kappa shape index (κ3) is 5.42. The summed E-state index contributed by atoms with van der Waals surface area (Å²) in [6.07, 6.45) is 1.54. The Morgan fingerprint density at radius 2 is 1.88 bits per heavy atom. The van der Waals surface area contributed by atoms with E-state index in [1.165, 1.54) is 4.90 Å². The van der Waals surface area contributed by atoms with E-state index in [1.807, 2.05) is 30.3 Å². The highest BCUT2D eigenvalue weighted by atomic mass is 16.5. The van der Waals surface area contributed by atoms with Crippen molar-refractivity contribution in [3.63, 3.8) is 0 Å². The number of rotatable bonds is 6. The molecule has 0 aliphatic heterocycles. The maximum absolute atomic E-state index is 11.9. The van der Waals surface area contributed by atoms with Gasteiger partial charge in [-0.3, -0.25) is 0 Å². The minimum Gasteiger partial charge on any atom is -0.465 e. The fourth-order valence-corrected chi connectivity index (χ4v) is 3.04. The number of carboxylic acid groups (broad SMARTS) is 1. The summed E-state index contributed by atoms with van der Waals surface area (Å²) >= 11 is 0. The van der Waals surface area contributed by atoms with Crippen LogP contribution >= 0.6 is 0 Å². The number of nitrogens with two attached hydrogens (primary N) is 1. The highest BCUT2D eigenvalue weighted by Crippen LogP contribution is 2.23. The molecule has 1 aromatic carbocycles. The van der Waals surface area contributed by atoms with Crippen LogP contribution in [0, 0.1) is 0 Å². The van der Waals surface area contributed by atoms with Crippen molar-refractivity contribution >= 4 is 12.2 Å². The lowest BCUT2D eigenvalue weighted by Gasteiger charge is -2.35. The molecule has 1 fully saturated rings. The summed E-state index contributed by atoms with van der Waals surface area (Å²) in [5.74, 6) is 0. The number of carbonyl (C=O) groups excluding carboxylic acids is 1. The highest BCUT2D eigenvalue weighted by Gasteiger charge is 2.29. The van der Waals surface area contributed by atoms with Crippen LogP contribution in [-0.4, -0.2) is 47.4 Å². The number of ether oxygens (including phenoxy) is 1. The Bertz CT molecular complexity index is 530. The van der Waals surface area contributed by atoms with E-state index in [1.54, 1.807) is 0 Å². The lowest BCUT2D eigenvalue weighted by atomic mass is 9.90. The summed E-state index contributed by atoms with van der Waals surface area (Å²) < 4.78 is 5.21. The van der Waals surface area contributed by atoms with E-state index in [2.05, 4.69) is 5.32 Å². The van der Waals surface area contributed by atoms with Gasteiger partial charge < -0.3 is 25.8 Å². The number of carbonyl (C=O) groups is 2. The molecule has 0 atom stereocenters. The molecular weight excluding hydrogens is 310 g/mol. The molecule has 1 aliphatic rings. The van der Waals surface area contributed by atoms with Crippen molar-refractivity contribution < 1.29 is 19.4 Å². The van der Waals surface area contributed by atoms with Crippen molar-refractivity contribution in [2.24, 2.45) is 5.73 Å². The van der Waals surface area contributed by atoms with Gasteiger partial charge in [0.25, 0.3) is 0 Å². The molecule has 0 heterocycles. The van der Waals surface area contributed by atoms with Crippen molar-refractivity contribution in [1.82, 2.24) is 10.2 Å². The molecule has 1 saturated carbocycles. The SMILES string of the molecule is NCCN(C(=O)O)C1CCC(NC(=O)OCc2ccccc2)CC1. The van der Waals surface area contributed by atoms with Gasteiger partial charge in [-0.15, -0.1) is 0 Å². The van der Waals surface area contributed by atoms with Gasteiger partial charge in [-0.1, -0.05) is 30.3 Å². The summed E-state index contributed by atoms with van der Waals surface area (Å²) in [5, 5.41) is 12.1. The molecule has 24 heavy (non-hydrogen) atoms. The third-order valence-electron chi connectivity index (χ3n) is 4.29. The van der Waals surface area contributed by atoms with E-state index in [-0.39, 0.29) is 18.7 Å². The molecule has 7 nitrogen and oxygen atoms in total. The predicted molar refractivity (Wildman–Crippen MR) is 89.6 cm³/mol. The lowest BCUT2D eigenvalue weighted by Crippen LogP contribution is -2.47. The summed E-state index contributed by atoms with van der Waals surface area (Å²) in [6.45, 7) is 0.902. The Hall–Kier alpha value is -2.28. The summed E-state index contributed by atoms with van der Waals surface area (Å²) in [4.78, 5) is 24.5. The first-order chi connectivity index (χ1) is 11.6. The Morgan fingerprint density at radius 3 is 2.46 bits per heavy atom. The number of alkyl carbamates (subject to hydrolysis) is 1. The standard InChI is InChI=1S/C17H25N3O4/c18-10-11-20(17(22)23)15-8-6-14(7-9-15)19-16(21)24-12-13-4-2-1-3-5-13/h1-5,14-15H,6-12,18H2,(H,19,21)(H,22,23). The maximum atomic E-state index is 11.9. The van der Waals surface area contributed by atoms with Gasteiger partial charge in [-0.25, -0.2) is 9.59 Å². The Morgan fingerprint density at radius 1 is 1.21 bits per heavy atom. The van der Waals surface area contributed by atoms with E-state index < -0.39 is 12.2 Å². The first-order valence-electron chi connectivity index (χ1n) is 8.27. The second kappa shape index (κ2) is 9.12. The van der Waals surface area contributed by atoms with Crippen molar-refractivity contribution in [2.75, 3.05) is 13.1 Å². The number of nitrogens with zero attached hydrogens (tertiary/aromatic N) is 1. The summed E-state index contributed by atoms with van der Waals surface area (Å²) in [7, 11) is 0. The van der Waals surface area contributed by atoms with Gasteiger partial charge in [-0.2, -0.15) is 0 Å². The van der Waals surface area contributed by atoms with Gasteiger partial charge in [0.2, 0.25) is 0 Å². The third-order valence-corrected chi connectivity index (χ3v) is 4.29. The molecule has 4 N–H and O–H groups in total. The highest BCUT2D eigenvalue weighted by molar-refractivity contribution is 5.67. The van der Waals surface area contributed by atoms with E-state index in [9.17, 15) is 14.7 Å². The molecule has 0 aromatic heterocycles. The van der Waals surface area contributed by atoms with Crippen molar-refractivity contribution in [3.8, 4) is 0 Å². The number of nitrogens with one attached hydrogen (secondary N) is 1. The molecule has 2 amide bonds. The van der Waals surface area contributed by atoms with Crippen LogP contribution in [0.1, 0.15) is 31.2 Å². The predicted octanol–water partition coefficient (Wildman–Crippen LogP) is 2.16. The lowest BCUT2D eigenvalue weighted by molar-refractivity contribution is 0.103. The van der Waals surface area contributed by atoms with E-state index in [0.717, 1.165) is 31.2 Å². The topological polar surface area (TPSA) is 105 Å². The number of amides is 2. The number of hydrogen-bond donors (Lipinski definition) is 3. The van der Waals surface area contributed by atoms with Crippen molar-refractivity contribution in [3.05, 3.63) is 35.9 Å². The van der Waals surface area contributed by atoms with Gasteiger partial charge in [0.05, 0.1) is 0 Å². The molecular formula is C17H25N3O4. The van der Waals surface area contributed by atoms with Crippen molar-refractivity contribution in [2.45, 2.75) is 44.4 Å². The van der Waals surface area contributed by atoms with Crippen LogP contribution in [0.3, 0.4) is 0 Å². The minimum absolute atomic E-state index is 0.0237. The van der Waals surface area contributed by atoms with Crippen LogP contribution in [0.15, 0.2) is 30.3 Å². The Balaban J connectivity index is 1.72. The van der Waals surface area contributed by atoms with Crippen LogP contribution in [0.4, 0.5) is 9.59 Å². The average molecular weight is 335 g/mol. The number of benzene rings is 1. The van der Waals surface area contributed by atoms with Gasteiger partial charge in [0.1, 0.15) is 6.61 Å². The molecule has 0 spiro atoms. The second-order valence-corrected chi connectivity index (χ2v) is 5.98. The maximum Gasteiger partial charge on any atom is 0.407 e. The molecule has 132 valence electrons. The van der Waals surface area contributed by atoms with Crippen LogP contribution in [-0.2, 0) is 11.3 Å². The summed E-state index contributed by atoms with van der Waals surface area (Å²) in [5.41, 5.74) is 6.41. The van der Waals surface area contributed by atoms with Gasteiger partial charge in [-0.05, 0) is 31.2 Å². The van der Waals surface area contributed by atoms with Crippen LogP contribution in [0.5, 0.6) is 0 Å². The molecule has 7 heteroatoms. The first-order valence-corrected chi connectivity index (χ1v) is 8.27. The molecule has 0 radical (unpaired) electrons. The van der Waals surface area contributed by atoms with E-state index in [0.29, 0.717) is 13.1 Å². The normalized spacial score (nSPS) is 20.2. The summed E-state index contributed by atoms with van der Waals surface area (Å²) in [6, 6.07) is 9.50. The van der Waals surface area contributed by atoms with Gasteiger partial charge >= 0.3 is 12.2 Å². The van der Waals surface area contributed by atoms with Crippen LogP contribution in [0.2, 0.25) is 0 Å². The molecule has 0 unspecified atom stereocenters. The monoisotopic (exact) mass is 335 g/mol. The van der Waals surface area contributed by atoms with Gasteiger partial charge in [0.15, 0.2) is 0 Å².